The third-order valence-corrected chi connectivity index (χ3v) is 2.81. The number of amides is 2. The highest BCUT2D eigenvalue weighted by atomic mass is 16.4. The van der Waals surface area contributed by atoms with Crippen LogP contribution in [0.1, 0.15) is 5.56 Å². The quantitative estimate of drug-likeness (QED) is 0.782. The summed E-state index contributed by atoms with van der Waals surface area (Å²) in [6.45, 7) is 0. The minimum Gasteiger partial charge on any atom is -0.480 e. The summed E-state index contributed by atoms with van der Waals surface area (Å²) in [6, 6.07) is 10.9. The first-order valence-electron chi connectivity index (χ1n) is 6.39. The number of carboxylic acid groups (broad SMARTS) is 1. The van der Waals surface area contributed by atoms with Gasteiger partial charge in [-0.15, -0.1) is 0 Å². The molecule has 0 radical (unpaired) electrons. The molecule has 6 nitrogen and oxygen atoms in total. The summed E-state index contributed by atoms with van der Waals surface area (Å²) in [7, 11) is 0. The van der Waals surface area contributed by atoms with E-state index in [0.29, 0.717) is 5.69 Å². The van der Waals surface area contributed by atoms with E-state index >= 15 is 0 Å². The van der Waals surface area contributed by atoms with E-state index in [0.717, 1.165) is 5.56 Å². The van der Waals surface area contributed by atoms with Gasteiger partial charge in [0.2, 0.25) is 0 Å². The Kier molecular flexibility index (Phi) is 4.87. The Hall–Kier alpha value is -2.89. The van der Waals surface area contributed by atoms with Gasteiger partial charge in [0, 0.05) is 12.6 Å². The molecule has 0 aliphatic rings. The lowest BCUT2D eigenvalue weighted by Gasteiger charge is -2.15. The van der Waals surface area contributed by atoms with Gasteiger partial charge < -0.3 is 15.7 Å². The normalized spacial score (nSPS) is 11.4. The Morgan fingerprint density at radius 2 is 1.90 bits per heavy atom. The number of urea groups is 1. The number of rotatable bonds is 5. The lowest BCUT2D eigenvalue weighted by molar-refractivity contribution is -0.139. The van der Waals surface area contributed by atoms with E-state index in [-0.39, 0.29) is 6.42 Å². The summed E-state index contributed by atoms with van der Waals surface area (Å²) in [4.78, 5) is 26.9. The van der Waals surface area contributed by atoms with E-state index in [4.69, 9.17) is 0 Å². The molecule has 2 rings (SSSR count). The van der Waals surface area contributed by atoms with Crippen LogP contribution < -0.4 is 10.6 Å². The third-order valence-electron chi connectivity index (χ3n) is 2.81. The molecule has 0 saturated heterocycles. The minimum atomic E-state index is -1.08. The van der Waals surface area contributed by atoms with Crippen molar-refractivity contribution in [3.63, 3.8) is 0 Å². The van der Waals surface area contributed by atoms with Gasteiger partial charge in [-0.25, -0.2) is 9.59 Å². The van der Waals surface area contributed by atoms with Crippen molar-refractivity contribution in [2.45, 2.75) is 12.5 Å². The number of carboxylic acids is 1. The van der Waals surface area contributed by atoms with Crippen LogP contribution in [0.25, 0.3) is 0 Å². The lowest BCUT2D eigenvalue weighted by atomic mass is 10.1. The number of nitrogens with zero attached hydrogens (tertiary/aromatic N) is 1. The molecule has 3 N–H and O–H groups in total. The fourth-order valence-electron chi connectivity index (χ4n) is 1.81. The zero-order valence-electron chi connectivity index (χ0n) is 11.2. The van der Waals surface area contributed by atoms with Crippen molar-refractivity contribution in [1.82, 2.24) is 10.3 Å². The average molecular weight is 285 g/mol. The summed E-state index contributed by atoms with van der Waals surface area (Å²) >= 11 is 0. The van der Waals surface area contributed by atoms with Gasteiger partial charge in [0.1, 0.15) is 6.04 Å². The molecule has 0 fully saturated rings. The van der Waals surface area contributed by atoms with Gasteiger partial charge in [0.05, 0.1) is 11.9 Å². The Morgan fingerprint density at radius 1 is 1.14 bits per heavy atom. The Labute approximate surface area is 121 Å². The maximum absolute atomic E-state index is 11.8. The van der Waals surface area contributed by atoms with Crippen LogP contribution in [0.4, 0.5) is 10.5 Å². The maximum Gasteiger partial charge on any atom is 0.326 e. The Morgan fingerprint density at radius 3 is 2.52 bits per heavy atom. The molecule has 0 saturated carbocycles. The molecule has 1 aromatic heterocycles. The lowest BCUT2D eigenvalue weighted by Crippen LogP contribution is -2.44. The van der Waals surface area contributed by atoms with E-state index in [1.807, 2.05) is 30.3 Å². The number of aromatic nitrogens is 1. The molecule has 6 heteroatoms. The number of nitrogens with one attached hydrogen (secondary N) is 2. The van der Waals surface area contributed by atoms with Crippen LogP contribution >= 0.6 is 0 Å². The molecule has 1 atom stereocenters. The van der Waals surface area contributed by atoms with Gasteiger partial charge in [0.15, 0.2) is 0 Å². The molecule has 21 heavy (non-hydrogen) atoms. The predicted molar refractivity (Wildman–Crippen MR) is 78.0 cm³/mol. The molecule has 2 amide bonds. The number of hydrogen-bond acceptors (Lipinski definition) is 3. The van der Waals surface area contributed by atoms with E-state index < -0.39 is 18.0 Å². The molecular weight excluding hydrogens is 270 g/mol. The van der Waals surface area contributed by atoms with Crippen LogP contribution in [0, 0.1) is 0 Å². The summed E-state index contributed by atoms with van der Waals surface area (Å²) in [5.74, 6) is -1.08. The fourth-order valence-corrected chi connectivity index (χ4v) is 1.81. The Bertz CT molecular complexity index is 602. The summed E-state index contributed by atoms with van der Waals surface area (Å²) in [5.41, 5.74) is 1.34. The average Bonchev–Trinajstić information content (AvgIpc) is 2.48. The van der Waals surface area contributed by atoms with Gasteiger partial charge in [-0.05, 0) is 17.7 Å². The van der Waals surface area contributed by atoms with Gasteiger partial charge in [-0.1, -0.05) is 30.3 Å². The second-order valence-corrected chi connectivity index (χ2v) is 4.42. The van der Waals surface area contributed by atoms with Gasteiger partial charge in [-0.2, -0.15) is 0 Å². The van der Waals surface area contributed by atoms with Crippen LogP contribution in [0.15, 0.2) is 54.9 Å². The van der Waals surface area contributed by atoms with Crippen LogP contribution in [-0.2, 0) is 11.2 Å². The van der Waals surface area contributed by atoms with Gasteiger partial charge in [0.25, 0.3) is 0 Å². The molecule has 1 aromatic carbocycles. The second kappa shape index (κ2) is 7.04. The number of anilines is 1. The number of pyridine rings is 1. The molecule has 0 aliphatic carbocycles. The zero-order chi connectivity index (χ0) is 15.1. The van der Waals surface area contributed by atoms with Crippen LogP contribution in [0.2, 0.25) is 0 Å². The number of benzene rings is 1. The standard InChI is InChI=1S/C15H15N3O3/c19-14(20)13(9-11-5-2-1-3-6-11)18-15(21)17-12-7-4-8-16-10-12/h1-8,10,13H,9H2,(H,19,20)(H2,17,18,21)/t13-/m0/s1. The van der Waals surface area contributed by atoms with Crippen LogP contribution in [-0.4, -0.2) is 28.1 Å². The van der Waals surface area contributed by atoms with E-state index in [9.17, 15) is 14.7 Å². The SMILES string of the molecule is O=C(Nc1cccnc1)N[C@@H](Cc1ccccc1)C(=O)O. The first kappa shape index (κ1) is 14.5. The molecule has 0 spiro atoms. The highest BCUT2D eigenvalue weighted by molar-refractivity contribution is 5.92. The van der Waals surface area contributed by atoms with Crippen molar-refractivity contribution in [3.8, 4) is 0 Å². The van der Waals surface area contributed by atoms with Gasteiger partial charge >= 0.3 is 12.0 Å². The number of carbonyl (C=O) groups is 2. The highest BCUT2D eigenvalue weighted by Crippen LogP contribution is 2.05. The summed E-state index contributed by atoms with van der Waals surface area (Å²) in [6.07, 6.45) is 3.28. The molecule has 1 heterocycles. The van der Waals surface area contributed by atoms with E-state index in [1.165, 1.54) is 6.20 Å². The molecule has 0 unspecified atom stereocenters. The molecule has 0 bridgehead atoms. The molecule has 108 valence electrons. The van der Waals surface area contributed by atoms with Gasteiger partial charge in [-0.3, -0.25) is 4.98 Å². The number of carbonyl (C=O) groups excluding carboxylic acids is 1. The van der Waals surface area contributed by atoms with Crippen molar-refractivity contribution in [2.75, 3.05) is 5.32 Å². The molecule has 0 aliphatic heterocycles. The van der Waals surface area contributed by atoms with Crippen molar-refractivity contribution >= 4 is 17.7 Å². The largest absolute Gasteiger partial charge is 0.480 e. The fraction of sp³-hybridized carbons (Fsp3) is 0.133. The first-order chi connectivity index (χ1) is 10.1. The first-order valence-corrected chi connectivity index (χ1v) is 6.39. The monoisotopic (exact) mass is 285 g/mol. The van der Waals surface area contributed by atoms with E-state index in [1.54, 1.807) is 18.3 Å². The number of hydrogen-bond donors (Lipinski definition) is 3. The van der Waals surface area contributed by atoms with Crippen molar-refractivity contribution < 1.29 is 14.7 Å². The third kappa shape index (κ3) is 4.61. The molecule has 2 aromatic rings. The topological polar surface area (TPSA) is 91.3 Å². The van der Waals surface area contributed by atoms with Crippen molar-refractivity contribution in [2.24, 2.45) is 0 Å². The van der Waals surface area contributed by atoms with Crippen LogP contribution in [0.3, 0.4) is 0 Å². The maximum atomic E-state index is 11.8. The summed E-state index contributed by atoms with van der Waals surface area (Å²) < 4.78 is 0. The predicted octanol–water partition coefficient (Wildman–Crippen LogP) is 1.90. The highest BCUT2D eigenvalue weighted by Gasteiger charge is 2.20. The smallest absolute Gasteiger partial charge is 0.326 e. The number of aliphatic carboxylic acids is 1. The minimum absolute atomic E-state index is 0.219. The van der Waals surface area contributed by atoms with Crippen LogP contribution in [0.5, 0.6) is 0 Å². The van der Waals surface area contributed by atoms with E-state index in [2.05, 4.69) is 15.6 Å². The molecular formula is C15H15N3O3. The summed E-state index contributed by atoms with van der Waals surface area (Å²) in [5, 5.41) is 14.2. The Balaban J connectivity index is 1.96. The second-order valence-electron chi connectivity index (χ2n) is 4.42. The van der Waals surface area contributed by atoms with Crippen molar-refractivity contribution in [1.29, 1.82) is 0 Å². The van der Waals surface area contributed by atoms with Crippen molar-refractivity contribution in [3.05, 3.63) is 60.4 Å². The zero-order valence-corrected chi connectivity index (χ0v) is 11.2.